The lowest BCUT2D eigenvalue weighted by atomic mass is 10.2. The van der Waals surface area contributed by atoms with E-state index in [0.29, 0.717) is 12.6 Å². The van der Waals surface area contributed by atoms with Crippen LogP contribution in [-0.2, 0) is 6.54 Å². The first kappa shape index (κ1) is 18.4. The van der Waals surface area contributed by atoms with Gasteiger partial charge in [0.05, 0.1) is 14.2 Å². The molecule has 0 radical (unpaired) electrons. The van der Waals surface area contributed by atoms with E-state index in [2.05, 4.69) is 34.5 Å². The number of rotatable bonds is 8. The van der Waals surface area contributed by atoms with Gasteiger partial charge in [0.2, 0.25) is 0 Å². The van der Waals surface area contributed by atoms with Crippen LogP contribution in [0.1, 0.15) is 25.3 Å². The Kier molecular flexibility index (Phi) is 6.73. The first-order valence-corrected chi connectivity index (χ1v) is 8.46. The molecule has 6 heteroatoms. The summed E-state index contributed by atoms with van der Waals surface area (Å²) in [6.45, 7) is 3.75. The predicted octanol–water partition coefficient (Wildman–Crippen LogP) is 1.85. The molecule has 1 atom stereocenters. The number of nitrogens with zero attached hydrogens (tertiary/aromatic N) is 2. The van der Waals surface area contributed by atoms with Crippen molar-refractivity contribution in [2.24, 2.45) is 4.99 Å². The molecule has 24 heavy (non-hydrogen) atoms. The molecule has 2 N–H and O–H groups in total. The minimum Gasteiger partial charge on any atom is -0.497 e. The second-order valence-corrected chi connectivity index (χ2v) is 6.23. The molecule has 1 fully saturated rings. The minimum atomic E-state index is 0.478. The number of nitrogens with one attached hydrogen (secondary N) is 2. The van der Waals surface area contributed by atoms with Crippen LogP contribution in [0.25, 0.3) is 0 Å². The molecule has 0 heterocycles. The Bertz CT molecular complexity index is 558. The number of benzene rings is 1. The summed E-state index contributed by atoms with van der Waals surface area (Å²) >= 11 is 0. The maximum Gasteiger partial charge on any atom is 0.191 e. The van der Waals surface area contributed by atoms with Gasteiger partial charge in [-0.05, 0) is 38.9 Å². The molecular formula is C18H30N4O2. The van der Waals surface area contributed by atoms with Gasteiger partial charge in [-0.2, -0.15) is 0 Å². The van der Waals surface area contributed by atoms with Crippen LogP contribution < -0.4 is 20.1 Å². The first-order valence-electron chi connectivity index (χ1n) is 8.46. The molecular weight excluding hydrogens is 304 g/mol. The van der Waals surface area contributed by atoms with Crippen molar-refractivity contribution in [3.05, 3.63) is 23.8 Å². The van der Waals surface area contributed by atoms with E-state index in [1.807, 2.05) is 18.2 Å². The Labute approximate surface area is 145 Å². The second-order valence-electron chi connectivity index (χ2n) is 6.23. The summed E-state index contributed by atoms with van der Waals surface area (Å²) < 4.78 is 10.7. The highest BCUT2D eigenvalue weighted by molar-refractivity contribution is 5.79. The van der Waals surface area contributed by atoms with Crippen molar-refractivity contribution in [3.63, 3.8) is 0 Å². The largest absolute Gasteiger partial charge is 0.497 e. The average molecular weight is 334 g/mol. The Morgan fingerprint density at radius 2 is 2.04 bits per heavy atom. The third kappa shape index (κ3) is 5.03. The van der Waals surface area contributed by atoms with Crippen molar-refractivity contribution in [1.29, 1.82) is 0 Å². The molecule has 2 rings (SSSR count). The van der Waals surface area contributed by atoms with Gasteiger partial charge >= 0.3 is 0 Å². The Hall–Kier alpha value is -1.95. The van der Waals surface area contributed by atoms with Gasteiger partial charge in [0.25, 0.3) is 0 Å². The molecule has 1 aliphatic carbocycles. The number of hydrogen-bond donors (Lipinski definition) is 2. The van der Waals surface area contributed by atoms with Gasteiger partial charge in [-0.3, -0.25) is 9.89 Å². The van der Waals surface area contributed by atoms with Gasteiger partial charge in [0, 0.05) is 43.9 Å². The predicted molar refractivity (Wildman–Crippen MR) is 98.0 cm³/mol. The van der Waals surface area contributed by atoms with Crippen molar-refractivity contribution in [2.75, 3.05) is 34.9 Å². The zero-order chi connectivity index (χ0) is 17.5. The van der Waals surface area contributed by atoms with Crippen LogP contribution in [0.4, 0.5) is 0 Å². The van der Waals surface area contributed by atoms with Crippen molar-refractivity contribution in [2.45, 2.75) is 38.4 Å². The summed E-state index contributed by atoms with van der Waals surface area (Å²) in [6.07, 6.45) is 2.65. The maximum absolute atomic E-state index is 5.43. The van der Waals surface area contributed by atoms with E-state index in [4.69, 9.17) is 9.47 Å². The average Bonchev–Trinajstić information content (AvgIpc) is 3.45. The summed E-state index contributed by atoms with van der Waals surface area (Å²) in [5, 5.41) is 6.73. The van der Waals surface area contributed by atoms with Gasteiger partial charge in [-0.25, -0.2) is 0 Å². The topological polar surface area (TPSA) is 58.1 Å². The molecule has 1 saturated carbocycles. The summed E-state index contributed by atoms with van der Waals surface area (Å²) in [7, 11) is 7.30. The molecule has 0 saturated heterocycles. The molecule has 1 aromatic carbocycles. The summed E-state index contributed by atoms with van der Waals surface area (Å²) in [4.78, 5) is 6.73. The number of likely N-dealkylation sites (N-methyl/N-ethyl adjacent to an activating group) is 1. The summed E-state index contributed by atoms with van der Waals surface area (Å²) in [6, 6.07) is 7.07. The van der Waals surface area contributed by atoms with Crippen LogP contribution in [0.3, 0.4) is 0 Å². The third-order valence-electron chi connectivity index (χ3n) is 4.55. The van der Waals surface area contributed by atoms with Gasteiger partial charge in [0.15, 0.2) is 5.96 Å². The summed E-state index contributed by atoms with van der Waals surface area (Å²) in [5.41, 5.74) is 1.06. The first-order chi connectivity index (χ1) is 11.6. The molecule has 0 spiro atoms. The van der Waals surface area contributed by atoms with Crippen molar-refractivity contribution >= 4 is 5.96 Å². The third-order valence-corrected chi connectivity index (χ3v) is 4.55. The van der Waals surface area contributed by atoms with Crippen molar-refractivity contribution < 1.29 is 9.47 Å². The number of methoxy groups -OCH3 is 2. The number of aliphatic imine (C=N–C) groups is 1. The Balaban J connectivity index is 1.84. The fourth-order valence-electron chi connectivity index (χ4n) is 2.63. The van der Waals surface area contributed by atoms with E-state index >= 15 is 0 Å². The Morgan fingerprint density at radius 3 is 2.62 bits per heavy atom. The van der Waals surface area contributed by atoms with Crippen LogP contribution in [0, 0.1) is 0 Å². The monoisotopic (exact) mass is 334 g/mol. The van der Waals surface area contributed by atoms with E-state index in [1.165, 1.54) is 12.8 Å². The quantitative estimate of drug-likeness (QED) is 0.561. The van der Waals surface area contributed by atoms with E-state index in [-0.39, 0.29) is 0 Å². The van der Waals surface area contributed by atoms with Crippen LogP contribution in [-0.4, -0.2) is 57.8 Å². The van der Waals surface area contributed by atoms with Gasteiger partial charge in [-0.1, -0.05) is 0 Å². The van der Waals surface area contributed by atoms with Crippen LogP contribution in [0.2, 0.25) is 0 Å². The van der Waals surface area contributed by atoms with E-state index in [0.717, 1.165) is 35.6 Å². The SMILES string of the molecule is CN=C(NCc1ccc(OC)cc1OC)NCC(C)N(C)C1CC1. The number of hydrogen-bond acceptors (Lipinski definition) is 4. The molecule has 0 amide bonds. The molecule has 0 aliphatic heterocycles. The van der Waals surface area contributed by atoms with Gasteiger partial charge in [-0.15, -0.1) is 0 Å². The lowest BCUT2D eigenvalue weighted by molar-refractivity contribution is 0.247. The lowest BCUT2D eigenvalue weighted by Gasteiger charge is -2.25. The summed E-state index contributed by atoms with van der Waals surface area (Å²) in [5.74, 6) is 2.39. The number of guanidine groups is 1. The van der Waals surface area contributed by atoms with Crippen LogP contribution in [0.15, 0.2) is 23.2 Å². The lowest BCUT2D eigenvalue weighted by Crippen LogP contribution is -2.45. The van der Waals surface area contributed by atoms with Crippen molar-refractivity contribution in [1.82, 2.24) is 15.5 Å². The Morgan fingerprint density at radius 1 is 1.29 bits per heavy atom. The highest BCUT2D eigenvalue weighted by atomic mass is 16.5. The molecule has 1 aromatic rings. The minimum absolute atomic E-state index is 0.478. The van der Waals surface area contributed by atoms with E-state index in [1.54, 1.807) is 21.3 Å². The highest BCUT2D eigenvalue weighted by Crippen LogP contribution is 2.26. The molecule has 0 aromatic heterocycles. The van der Waals surface area contributed by atoms with E-state index in [9.17, 15) is 0 Å². The molecule has 6 nitrogen and oxygen atoms in total. The highest BCUT2D eigenvalue weighted by Gasteiger charge is 2.28. The van der Waals surface area contributed by atoms with Crippen molar-refractivity contribution in [3.8, 4) is 11.5 Å². The fraction of sp³-hybridized carbons (Fsp3) is 0.611. The normalized spacial score (nSPS) is 16.0. The van der Waals surface area contributed by atoms with Crippen LogP contribution in [0.5, 0.6) is 11.5 Å². The van der Waals surface area contributed by atoms with Gasteiger partial charge in [0.1, 0.15) is 11.5 Å². The molecule has 0 bridgehead atoms. The zero-order valence-corrected chi connectivity index (χ0v) is 15.4. The second kappa shape index (κ2) is 8.78. The molecule has 1 aliphatic rings. The number of ether oxygens (including phenoxy) is 2. The molecule has 1 unspecified atom stereocenters. The van der Waals surface area contributed by atoms with Crippen LogP contribution >= 0.6 is 0 Å². The molecule has 134 valence electrons. The van der Waals surface area contributed by atoms with Gasteiger partial charge < -0.3 is 20.1 Å². The standard InChI is InChI=1S/C18H30N4O2/c1-13(22(3)15-7-8-15)11-20-18(19-2)21-12-14-6-9-16(23-4)10-17(14)24-5/h6,9-10,13,15H,7-8,11-12H2,1-5H3,(H2,19,20,21). The van der Waals surface area contributed by atoms with E-state index < -0.39 is 0 Å². The smallest absolute Gasteiger partial charge is 0.191 e. The zero-order valence-electron chi connectivity index (χ0n) is 15.4. The maximum atomic E-state index is 5.43. The fourth-order valence-corrected chi connectivity index (χ4v) is 2.63.